The van der Waals surface area contributed by atoms with Crippen LogP contribution in [0.4, 0.5) is 26.4 Å². The molecule has 0 atom stereocenters. The first-order valence-corrected chi connectivity index (χ1v) is 12.7. The molecule has 0 saturated carbocycles. The molecular weight excluding hydrogens is 515 g/mol. The Morgan fingerprint density at radius 3 is 2.40 bits per heavy atom. The van der Waals surface area contributed by atoms with Gasteiger partial charge in [0.25, 0.3) is 5.91 Å². The topological polar surface area (TPSA) is 109 Å². The second-order valence-electron chi connectivity index (χ2n) is 9.40. The van der Waals surface area contributed by atoms with Crippen LogP contribution in [-0.4, -0.2) is 74.3 Å². The SMILES string of the molecule is COc1ccc2c(N3CCOCC3)nc(-c3ccc(NC(=O)Nc4ccc(C(=O)N(C)C)cc4)c(F)c3)nc2c1. The summed E-state index contributed by atoms with van der Waals surface area (Å²) in [4.78, 5) is 37.6. The predicted molar refractivity (Wildman–Crippen MR) is 152 cm³/mol. The molecule has 5 rings (SSSR count). The molecule has 40 heavy (non-hydrogen) atoms. The van der Waals surface area contributed by atoms with E-state index in [2.05, 4.69) is 20.5 Å². The molecule has 0 radical (unpaired) electrons. The minimum atomic E-state index is -0.637. The first-order chi connectivity index (χ1) is 19.3. The number of urea groups is 1. The van der Waals surface area contributed by atoms with E-state index in [1.54, 1.807) is 51.5 Å². The van der Waals surface area contributed by atoms with Crippen LogP contribution in [0, 0.1) is 5.82 Å². The molecule has 1 aliphatic rings. The van der Waals surface area contributed by atoms with E-state index < -0.39 is 11.8 Å². The maximum Gasteiger partial charge on any atom is 0.323 e. The second-order valence-corrected chi connectivity index (χ2v) is 9.40. The van der Waals surface area contributed by atoms with Crippen molar-refractivity contribution in [1.29, 1.82) is 0 Å². The van der Waals surface area contributed by atoms with Gasteiger partial charge < -0.3 is 29.9 Å². The zero-order valence-corrected chi connectivity index (χ0v) is 22.4. The van der Waals surface area contributed by atoms with Gasteiger partial charge in [-0.25, -0.2) is 19.2 Å². The van der Waals surface area contributed by atoms with Crippen molar-refractivity contribution in [2.24, 2.45) is 0 Å². The van der Waals surface area contributed by atoms with E-state index in [0.717, 1.165) is 11.2 Å². The molecule has 1 fully saturated rings. The molecular formula is C29H29FN6O4. The van der Waals surface area contributed by atoms with Crippen molar-refractivity contribution in [2.45, 2.75) is 0 Å². The molecule has 0 bridgehead atoms. The Morgan fingerprint density at radius 1 is 0.975 bits per heavy atom. The van der Waals surface area contributed by atoms with Crippen LogP contribution < -0.4 is 20.3 Å². The van der Waals surface area contributed by atoms with Gasteiger partial charge in [0.15, 0.2) is 5.82 Å². The lowest BCUT2D eigenvalue weighted by Crippen LogP contribution is -2.37. The van der Waals surface area contributed by atoms with Gasteiger partial charge in [0.2, 0.25) is 0 Å². The maximum absolute atomic E-state index is 15.2. The highest BCUT2D eigenvalue weighted by Gasteiger charge is 2.19. The quantitative estimate of drug-likeness (QED) is 0.364. The lowest BCUT2D eigenvalue weighted by molar-refractivity contribution is 0.0827. The van der Waals surface area contributed by atoms with E-state index >= 15 is 4.39 Å². The van der Waals surface area contributed by atoms with Crippen LogP contribution in [0.5, 0.6) is 5.75 Å². The fourth-order valence-corrected chi connectivity index (χ4v) is 4.36. The number of halogens is 1. The molecule has 3 amide bonds. The minimum absolute atomic E-state index is 0.00323. The van der Waals surface area contributed by atoms with Crippen molar-refractivity contribution in [2.75, 3.05) is 63.0 Å². The summed E-state index contributed by atoms with van der Waals surface area (Å²) in [5.41, 5.74) is 2.08. The molecule has 206 valence electrons. The molecule has 3 aromatic carbocycles. The summed E-state index contributed by atoms with van der Waals surface area (Å²) in [6, 6.07) is 15.8. The number of nitrogens with zero attached hydrogens (tertiary/aromatic N) is 4. The molecule has 4 aromatic rings. The lowest BCUT2D eigenvalue weighted by Gasteiger charge is -2.29. The van der Waals surface area contributed by atoms with Crippen molar-refractivity contribution in [1.82, 2.24) is 14.9 Å². The van der Waals surface area contributed by atoms with Gasteiger partial charge in [-0.2, -0.15) is 0 Å². The number of aromatic nitrogens is 2. The molecule has 0 spiro atoms. The smallest absolute Gasteiger partial charge is 0.323 e. The van der Waals surface area contributed by atoms with Crippen molar-refractivity contribution in [3.63, 3.8) is 0 Å². The van der Waals surface area contributed by atoms with Gasteiger partial charge >= 0.3 is 6.03 Å². The number of anilines is 3. The number of hydrogen-bond donors (Lipinski definition) is 2. The second kappa shape index (κ2) is 11.5. The van der Waals surface area contributed by atoms with E-state index in [4.69, 9.17) is 14.5 Å². The van der Waals surface area contributed by atoms with Gasteiger partial charge in [0, 0.05) is 55.5 Å². The van der Waals surface area contributed by atoms with Gasteiger partial charge in [0.05, 0.1) is 31.5 Å². The number of ether oxygens (including phenoxy) is 2. The highest BCUT2D eigenvalue weighted by Crippen LogP contribution is 2.31. The molecule has 0 unspecified atom stereocenters. The molecule has 0 aliphatic carbocycles. The van der Waals surface area contributed by atoms with Crippen LogP contribution in [0.15, 0.2) is 60.7 Å². The van der Waals surface area contributed by atoms with Crippen LogP contribution in [0.3, 0.4) is 0 Å². The van der Waals surface area contributed by atoms with Gasteiger partial charge in [-0.05, 0) is 54.6 Å². The van der Waals surface area contributed by atoms with E-state index in [1.807, 2.05) is 18.2 Å². The predicted octanol–water partition coefficient (Wildman–Crippen LogP) is 4.63. The van der Waals surface area contributed by atoms with Crippen LogP contribution in [0.2, 0.25) is 0 Å². The van der Waals surface area contributed by atoms with Crippen molar-refractivity contribution >= 4 is 40.0 Å². The number of benzene rings is 3. The highest BCUT2D eigenvalue weighted by atomic mass is 19.1. The fourth-order valence-electron chi connectivity index (χ4n) is 4.36. The monoisotopic (exact) mass is 544 g/mol. The summed E-state index contributed by atoms with van der Waals surface area (Å²) in [5, 5.41) is 6.02. The maximum atomic E-state index is 15.2. The average molecular weight is 545 g/mol. The largest absolute Gasteiger partial charge is 0.497 e. The summed E-state index contributed by atoms with van der Waals surface area (Å²) in [6.45, 7) is 2.54. The average Bonchev–Trinajstić information content (AvgIpc) is 2.97. The standard InChI is InChI=1S/C29H29FN6O4/c1-35(2)28(37)18-4-7-20(8-5-18)31-29(38)33-24-11-6-19(16-23(24)30)26-32-25-17-21(39-3)9-10-22(25)27(34-26)36-12-14-40-15-13-36/h4-11,16-17H,12-15H2,1-3H3,(H2,31,33,38). The van der Waals surface area contributed by atoms with Crippen LogP contribution in [0.1, 0.15) is 10.4 Å². The zero-order chi connectivity index (χ0) is 28.2. The van der Waals surface area contributed by atoms with Crippen LogP contribution in [-0.2, 0) is 4.74 Å². The molecule has 1 saturated heterocycles. The fraction of sp³-hybridized carbons (Fsp3) is 0.241. The number of methoxy groups -OCH3 is 1. The third-order valence-corrected chi connectivity index (χ3v) is 6.47. The summed E-state index contributed by atoms with van der Waals surface area (Å²) in [5.74, 6) is 0.961. The Morgan fingerprint density at radius 2 is 1.73 bits per heavy atom. The Hall–Kier alpha value is -4.77. The normalized spacial score (nSPS) is 13.2. The van der Waals surface area contributed by atoms with Crippen LogP contribution in [0.25, 0.3) is 22.3 Å². The Balaban J connectivity index is 1.37. The first-order valence-electron chi connectivity index (χ1n) is 12.7. The number of carbonyl (C=O) groups is 2. The van der Waals surface area contributed by atoms with Gasteiger partial charge in [-0.1, -0.05) is 0 Å². The number of hydrogen-bond acceptors (Lipinski definition) is 7. The number of rotatable bonds is 6. The van der Waals surface area contributed by atoms with Crippen molar-refractivity contribution in [3.05, 3.63) is 72.0 Å². The number of fused-ring (bicyclic) bond motifs is 1. The highest BCUT2D eigenvalue weighted by molar-refractivity contribution is 6.00. The number of nitrogens with one attached hydrogen (secondary N) is 2. The molecule has 1 aliphatic heterocycles. The summed E-state index contributed by atoms with van der Waals surface area (Å²) < 4.78 is 26.0. The zero-order valence-electron chi connectivity index (χ0n) is 22.4. The van der Waals surface area contributed by atoms with E-state index in [1.165, 1.54) is 17.0 Å². The van der Waals surface area contributed by atoms with Crippen LogP contribution >= 0.6 is 0 Å². The number of morpholine rings is 1. The molecule has 2 N–H and O–H groups in total. The third kappa shape index (κ3) is 5.79. The molecule has 10 nitrogen and oxygen atoms in total. The third-order valence-electron chi connectivity index (χ3n) is 6.47. The van der Waals surface area contributed by atoms with E-state index in [9.17, 15) is 9.59 Å². The molecule has 1 aromatic heterocycles. The Kier molecular flexibility index (Phi) is 7.74. The molecule has 11 heteroatoms. The first kappa shape index (κ1) is 26.8. The molecule has 2 heterocycles. The van der Waals surface area contributed by atoms with Gasteiger partial charge in [-0.15, -0.1) is 0 Å². The number of amides is 3. The summed E-state index contributed by atoms with van der Waals surface area (Å²) >= 11 is 0. The van der Waals surface area contributed by atoms with Gasteiger partial charge in [-0.3, -0.25) is 4.79 Å². The van der Waals surface area contributed by atoms with Crippen molar-refractivity contribution in [3.8, 4) is 17.1 Å². The Bertz CT molecular complexity index is 1550. The van der Waals surface area contributed by atoms with Gasteiger partial charge in [0.1, 0.15) is 17.4 Å². The summed E-state index contributed by atoms with van der Waals surface area (Å²) in [6.07, 6.45) is 0. The lowest BCUT2D eigenvalue weighted by atomic mass is 10.1. The minimum Gasteiger partial charge on any atom is -0.497 e. The number of carbonyl (C=O) groups excluding carboxylic acids is 2. The van der Waals surface area contributed by atoms with Crippen molar-refractivity contribution < 1.29 is 23.5 Å². The summed E-state index contributed by atoms with van der Waals surface area (Å²) in [7, 11) is 4.91. The Labute approximate surface area is 230 Å². The van der Waals surface area contributed by atoms with E-state index in [-0.39, 0.29) is 11.6 Å². The van der Waals surface area contributed by atoms with E-state index in [0.29, 0.717) is 60.2 Å².